The fourth-order valence-electron chi connectivity index (χ4n) is 0. The molecule has 0 heterocycles. The van der Waals surface area contributed by atoms with Gasteiger partial charge in [-0.2, -0.15) is 0 Å². The molecule has 0 aromatic carbocycles. The topological polar surface area (TPSA) is 20.2 Å². The molecule has 0 aliphatic carbocycles. The Bertz CT molecular complexity index is 20.9. The zero-order chi connectivity index (χ0) is 3.41. The molecule has 0 aliphatic rings. The van der Waals surface area contributed by atoms with E-state index in [4.69, 9.17) is 5.11 Å². The third-order valence-corrected chi connectivity index (χ3v) is 0.129. The van der Waals surface area contributed by atoms with Crippen molar-refractivity contribution >= 4 is 29.6 Å². The minimum absolute atomic E-state index is 0. The molecule has 1 radical (unpaired) electrons. The molecule has 0 amide bonds. The summed E-state index contributed by atoms with van der Waals surface area (Å²) < 4.78 is 0. The first-order chi connectivity index (χ1) is 1.91. The van der Waals surface area contributed by atoms with Gasteiger partial charge in [-0.25, -0.2) is 0 Å². The Hall–Kier alpha value is 0.700. The Kier molecular flexibility index (Phi) is 16.2. The van der Waals surface area contributed by atoms with Gasteiger partial charge in [0.1, 0.15) is 0 Å². The van der Waals surface area contributed by atoms with Crippen LogP contribution in [0.3, 0.4) is 0 Å². The first kappa shape index (κ1) is 9.20. The van der Waals surface area contributed by atoms with Gasteiger partial charge in [0, 0.05) is 29.6 Å². The average Bonchev–Trinajstić information content (AvgIpc) is 1.37. The molecule has 0 unspecified atom stereocenters. The van der Waals surface area contributed by atoms with Crippen LogP contribution < -0.4 is 0 Å². The quantitative estimate of drug-likeness (QED) is 0.342. The van der Waals surface area contributed by atoms with Crippen LogP contribution in [-0.2, 0) is 0 Å². The van der Waals surface area contributed by atoms with Crippen LogP contribution in [0.1, 0.15) is 0 Å². The summed E-state index contributed by atoms with van der Waals surface area (Å²) in [5.41, 5.74) is 0. The van der Waals surface area contributed by atoms with Crippen molar-refractivity contribution in [2.45, 2.75) is 0 Å². The van der Waals surface area contributed by atoms with Gasteiger partial charge < -0.3 is 5.11 Å². The van der Waals surface area contributed by atoms with Crippen LogP contribution in [0.2, 0.25) is 0 Å². The Morgan fingerprint density at radius 2 is 2.00 bits per heavy atom. The van der Waals surface area contributed by atoms with Gasteiger partial charge >= 0.3 is 0 Å². The summed E-state index contributed by atoms with van der Waals surface area (Å²) in [5, 5.41) is 7.76. The Labute approximate surface area is 54.0 Å². The van der Waals surface area contributed by atoms with Crippen molar-refractivity contribution in [3.63, 3.8) is 0 Å². The van der Waals surface area contributed by atoms with Crippen LogP contribution in [-0.4, -0.2) is 41.3 Å². The summed E-state index contributed by atoms with van der Waals surface area (Å²) in [4.78, 5) is 0. The number of hydrogen-bond acceptors (Lipinski definition) is 1. The van der Waals surface area contributed by atoms with Crippen molar-refractivity contribution < 1.29 is 5.11 Å². The van der Waals surface area contributed by atoms with Gasteiger partial charge in [-0.1, -0.05) is 6.08 Å². The molecule has 0 rings (SSSR count). The van der Waals surface area contributed by atoms with Crippen molar-refractivity contribution in [2.75, 3.05) is 6.61 Å². The minimum atomic E-state index is 0. The van der Waals surface area contributed by atoms with Crippen molar-refractivity contribution in [1.82, 2.24) is 0 Å². The average molecular weight is 81.1 g/mol. The van der Waals surface area contributed by atoms with E-state index in [-0.39, 0.29) is 36.2 Å². The molecule has 25 valence electrons. The van der Waals surface area contributed by atoms with Crippen molar-refractivity contribution in [3.05, 3.63) is 12.7 Å². The third-order valence-electron chi connectivity index (χ3n) is 0.129. The molecule has 1 N–H and O–H groups in total. The van der Waals surface area contributed by atoms with Crippen LogP contribution in [0, 0.1) is 0 Å². The molecule has 0 aromatic heterocycles. The molecule has 0 saturated heterocycles. The standard InChI is InChI=1S/C3H6O.Na/c1-2-3-4;/h2,4H,1,3H2;. The fourth-order valence-corrected chi connectivity index (χ4v) is 0. The zero-order valence-corrected chi connectivity index (χ0v) is 5.44. The van der Waals surface area contributed by atoms with Gasteiger partial charge in [-0.05, 0) is 0 Å². The van der Waals surface area contributed by atoms with E-state index >= 15 is 0 Å². The zero-order valence-electron chi connectivity index (χ0n) is 3.44. The molecule has 0 aromatic rings. The van der Waals surface area contributed by atoms with E-state index in [1.54, 1.807) is 0 Å². The number of hydrogen-bond donors (Lipinski definition) is 1. The smallest absolute Gasteiger partial charge is 0.0609 e. The molecule has 0 aliphatic heterocycles. The van der Waals surface area contributed by atoms with Crippen LogP contribution in [0.15, 0.2) is 12.7 Å². The van der Waals surface area contributed by atoms with E-state index in [1.165, 1.54) is 6.08 Å². The number of rotatable bonds is 1. The summed E-state index contributed by atoms with van der Waals surface area (Å²) in [6.45, 7) is 3.31. The fraction of sp³-hybridized carbons (Fsp3) is 0.333. The molecule has 0 saturated carbocycles. The van der Waals surface area contributed by atoms with Crippen molar-refractivity contribution in [2.24, 2.45) is 0 Å². The second kappa shape index (κ2) is 8.83. The van der Waals surface area contributed by atoms with Gasteiger partial charge in [0.05, 0.1) is 6.61 Å². The molecular formula is C3H6NaO. The Balaban J connectivity index is 0. The number of aliphatic hydroxyl groups excluding tert-OH is 1. The predicted octanol–water partition coefficient (Wildman–Crippen LogP) is -0.216. The third kappa shape index (κ3) is 11.9. The second-order valence-corrected chi connectivity index (χ2v) is 0.471. The molecule has 0 spiro atoms. The van der Waals surface area contributed by atoms with E-state index in [0.29, 0.717) is 0 Å². The normalized spacial score (nSPS) is 5.00. The molecule has 1 nitrogen and oxygen atoms in total. The van der Waals surface area contributed by atoms with E-state index in [2.05, 4.69) is 6.58 Å². The molecule has 0 fully saturated rings. The van der Waals surface area contributed by atoms with E-state index in [0.717, 1.165) is 0 Å². The Morgan fingerprint density at radius 1 is 1.80 bits per heavy atom. The molecule has 0 atom stereocenters. The van der Waals surface area contributed by atoms with Gasteiger partial charge in [0.2, 0.25) is 0 Å². The van der Waals surface area contributed by atoms with Gasteiger partial charge in [-0.15, -0.1) is 6.58 Å². The maximum atomic E-state index is 7.76. The predicted molar refractivity (Wildman–Crippen MR) is 23.0 cm³/mol. The number of aliphatic hydroxyl groups is 1. The van der Waals surface area contributed by atoms with Crippen molar-refractivity contribution in [3.8, 4) is 0 Å². The minimum Gasteiger partial charge on any atom is -0.392 e. The molecule has 2 heteroatoms. The summed E-state index contributed by atoms with van der Waals surface area (Å²) in [7, 11) is 0. The SMILES string of the molecule is C=CCO.[Na]. The second-order valence-electron chi connectivity index (χ2n) is 0.471. The molecule has 5 heavy (non-hydrogen) atoms. The summed E-state index contributed by atoms with van der Waals surface area (Å²) >= 11 is 0. The first-order valence-electron chi connectivity index (χ1n) is 1.13. The van der Waals surface area contributed by atoms with Gasteiger partial charge in [0.15, 0.2) is 0 Å². The van der Waals surface area contributed by atoms with Crippen LogP contribution in [0.25, 0.3) is 0 Å². The van der Waals surface area contributed by atoms with Crippen LogP contribution in [0.4, 0.5) is 0 Å². The van der Waals surface area contributed by atoms with Crippen LogP contribution in [0.5, 0.6) is 0 Å². The van der Waals surface area contributed by atoms with Crippen LogP contribution >= 0.6 is 0 Å². The van der Waals surface area contributed by atoms with E-state index in [9.17, 15) is 0 Å². The Morgan fingerprint density at radius 3 is 2.00 bits per heavy atom. The molecular weight excluding hydrogens is 75.0 g/mol. The summed E-state index contributed by atoms with van der Waals surface area (Å²) in [5.74, 6) is 0. The maximum absolute atomic E-state index is 7.76. The summed E-state index contributed by atoms with van der Waals surface area (Å²) in [6, 6.07) is 0. The maximum Gasteiger partial charge on any atom is 0.0609 e. The van der Waals surface area contributed by atoms with Crippen molar-refractivity contribution in [1.29, 1.82) is 0 Å². The summed E-state index contributed by atoms with van der Waals surface area (Å²) in [6.07, 6.45) is 1.43. The monoisotopic (exact) mass is 81.0 g/mol. The van der Waals surface area contributed by atoms with E-state index in [1.807, 2.05) is 0 Å². The van der Waals surface area contributed by atoms with E-state index < -0.39 is 0 Å². The largest absolute Gasteiger partial charge is 0.392 e. The molecule has 0 bridgehead atoms. The van der Waals surface area contributed by atoms with Gasteiger partial charge in [0.25, 0.3) is 0 Å². The first-order valence-corrected chi connectivity index (χ1v) is 1.13. The van der Waals surface area contributed by atoms with Gasteiger partial charge in [-0.3, -0.25) is 0 Å².